The number of nitrogens with zero attached hydrogens (tertiary/aromatic N) is 3. The monoisotopic (exact) mass is 255 g/mol. The predicted octanol–water partition coefficient (Wildman–Crippen LogP) is 1.28. The maximum atomic E-state index is 4.18. The molecule has 0 bridgehead atoms. The molecule has 3 rings (SSSR count). The predicted molar refractivity (Wildman–Crippen MR) is 77.7 cm³/mol. The van der Waals surface area contributed by atoms with Crippen LogP contribution in [-0.2, 0) is 0 Å². The molecule has 0 atom stereocenters. The van der Waals surface area contributed by atoms with Gasteiger partial charge in [-0.2, -0.15) is 0 Å². The van der Waals surface area contributed by atoms with Gasteiger partial charge in [0.25, 0.3) is 0 Å². The molecule has 98 valence electrons. The Hall–Kier alpha value is -2.07. The number of aromatic nitrogens is 1. The zero-order valence-corrected chi connectivity index (χ0v) is 11.0. The normalized spacial score (nSPS) is 15.6. The second-order valence-electron chi connectivity index (χ2n) is 4.85. The van der Waals surface area contributed by atoms with E-state index < -0.39 is 0 Å². The molecule has 0 saturated carbocycles. The summed E-state index contributed by atoms with van der Waals surface area (Å²) in [7, 11) is 0. The van der Waals surface area contributed by atoms with Gasteiger partial charge in [0.15, 0.2) is 0 Å². The van der Waals surface area contributed by atoms with Gasteiger partial charge in [-0.15, -0.1) is 0 Å². The van der Waals surface area contributed by atoms with Gasteiger partial charge in [0.05, 0.1) is 11.9 Å². The van der Waals surface area contributed by atoms with Crippen LogP contribution in [0.25, 0.3) is 0 Å². The van der Waals surface area contributed by atoms with Crippen LogP contribution >= 0.6 is 0 Å². The number of piperazine rings is 1. The molecule has 0 unspecified atom stereocenters. The largest absolute Gasteiger partial charge is 0.368 e. The van der Waals surface area contributed by atoms with Crippen LogP contribution in [0.15, 0.2) is 48.8 Å². The average Bonchev–Trinajstić information content (AvgIpc) is 2.49. The van der Waals surface area contributed by atoms with Crippen molar-refractivity contribution in [3.8, 4) is 0 Å². The molecule has 0 amide bonds. The Morgan fingerprint density at radius 1 is 0.842 bits per heavy atom. The lowest BCUT2D eigenvalue weighted by Gasteiger charge is -2.37. The minimum atomic E-state index is 1.04. The van der Waals surface area contributed by atoms with Crippen molar-refractivity contribution in [1.29, 1.82) is 0 Å². The third-order valence-electron chi connectivity index (χ3n) is 3.59. The molecular formula is C15H19N4+. The molecule has 0 aliphatic carbocycles. The van der Waals surface area contributed by atoms with Crippen molar-refractivity contribution in [3.05, 3.63) is 48.8 Å². The number of benzene rings is 1. The molecule has 0 radical (unpaired) electrons. The van der Waals surface area contributed by atoms with E-state index in [1.165, 1.54) is 11.4 Å². The maximum absolute atomic E-state index is 4.18. The van der Waals surface area contributed by atoms with Crippen LogP contribution in [0.2, 0.25) is 0 Å². The van der Waals surface area contributed by atoms with E-state index in [-0.39, 0.29) is 0 Å². The van der Waals surface area contributed by atoms with Gasteiger partial charge in [0, 0.05) is 50.2 Å². The lowest BCUT2D eigenvalue weighted by atomic mass is 10.2. The summed E-state index contributed by atoms with van der Waals surface area (Å²) in [5.74, 6) is 0. The molecule has 0 spiro atoms. The van der Waals surface area contributed by atoms with E-state index >= 15 is 0 Å². The van der Waals surface area contributed by atoms with E-state index in [0.717, 1.165) is 31.9 Å². The number of hydrogen-bond donors (Lipinski definition) is 1. The second kappa shape index (κ2) is 5.28. The highest BCUT2D eigenvalue weighted by Gasteiger charge is 2.17. The highest BCUT2D eigenvalue weighted by atomic mass is 15.3. The zero-order valence-electron chi connectivity index (χ0n) is 11.0. The Kier molecular flexibility index (Phi) is 3.33. The molecule has 2 aromatic rings. The van der Waals surface area contributed by atoms with Crippen LogP contribution in [-0.4, -0.2) is 31.2 Å². The molecule has 1 aliphatic rings. The minimum absolute atomic E-state index is 1.04. The van der Waals surface area contributed by atoms with Gasteiger partial charge in [-0.1, -0.05) is 0 Å². The topological polar surface area (TPSA) is 47.0 Å². The third-order valence-corrected chi connectivity index (χ3v) is 3.59. The first-order valence-electron chi connectivity index (χ1n) is 6.65. The quantitative estimate of drug-likeness (QED) is 0.879. The number of hydrogen-bond acceptors (Lipinski definition) is 3. The Balaban J connectivity index is 1.65. The van der Waals surface area contributed by atoms with Crippen molar-refractivity contribution >= 4 is 17.1 Å². The Morgan fingerprint density at radius 3 is 2.05 bits per heavy atom. The molecule has 4 nitrogen and oxygen atoms in total. The summed E-state index contributed by atoms with van der Waals surface area (Å²) in [5.41, 5.74) is 7.50. The molecule has 2 heterocycles. The fourth-order valence-electron chi connectivity index (χ4n) is 2.47. The van der Waals surface area contributed by atoms with Crippen molar-refractivity contribution in [2.45, 2.75) is 0 Å². The molecule has 1 fully saturated rings. The van der Waals surface area contributed by atoms with E-state index in [9.17, 15) is 0 Å². The number of rotatable bonds is 2. The van der Waals surface area contributed by atoms with Gasteiger partial charge in [0.1, 0.15) is 5.69 Å². The van der Waals surface area contributed by atoms with Crippen molar-refractivity contribution in [1.82, 2.24) is 4.98 Å². The maximum Gasteiger partial charge on any atom is 0.128 e. The fourth-order valence-corrected chi connectivity index (χ4v) is 2.47. The van der Waals surface area contributed by atoms with Crippen LogP contribution in [0.5, 0.6) is 0 Å². The molecule has 1 saturated heterocycles. The molecule has 1 aromatic carbocycles. The van der Waals surface area contributed by atoms with E-state index in [1.807, 2.05) is 18.5 Å². The average molecular weight is 255 g/mol. The van der Waals surface area contributed by atoms with Crippen molar-refractivity contribution < 1.29 is 5.73 Å². The van der Waals surface area contributed by atoms with Crippen LogP contribution in [0.1, 0.15) is 0 Å². The highest BCUT2D eigenvalue weighted by molar-refractivity contribution is 5.53. The van der Waals surface area contributed by atoms with E-state index in [0.29, 0.717) is 0 Å². The van der Waals surface area contributed by atoms with Gasteiger partial charge in [0.2, 0.25) is 0 Å². The third kappa shape index (κ3) is 2.69. The van der Waals surface area contributed by atoms with Crippen LogP contribution in [0.4, 0.5) is 17.1 Å². The molecule has 4 heteroatoms. The summed E-state index contributed by atoms with van der Waals surface area (Å²) in [4.78, 5) is 9.00. The van der Waals surface area contributed by atoms with Crippen molar-refractivity contribution in [2.75, 3.05) is 36.0 Å². The second-order valence-corrected chi connectivity index (χ2v) is 4.85. The van der Waals surface area contributed by atoms with E-state index in [2.05, 4.69) is 50.8 Å². The Bertz CT molecular complexity index is 516. The Morgan fingerprint density at radius 2 is 1.47 bits per heavy atom. The number of anilines is 2. The Labute approximate surface area is 113 Å². The summed E-state index contributed by atoms with van der Waals surface area (Å²) in [6, 6.07) is 12.6. The highest BCUT2D eigenvalue weighted by Crippen LogP contribution is 2.20. The molecule has 1 aromatic heterocycles. The molecule has 1 aliphatic heterocycles. The van der Waals surface area contributed by atoms with Gasteiger partial charge in [-0.3, -0.25) is 4.98 Å². The van der Waals surface area contributed by atoms with Gasteiger partial charge in [-0.25, -0.2) is 0 Å². The minimum Gasteiger partial charge on any atom is -0.368 e. The summed E-state index contributed by atoms with van der Waals surface area (Å²) in [5, 5.41) is 0. The lowest BCUT2D eigenvalue weighted by Crippen LogP contribution is -2.46. The van der Waals surface area contributed by atoms with Gasteiger partial charge < -0.3 is 15.5 Å². The van der Waals surface area contributed by atoms with E-state index in [1.54, 1.807) is 0 Å². The number of quaternary nitrogens is 1. The standard InChI is InChI=1S/C15H18N4/c16-13-3-5-14(6-4-13)18-8-10-19(11-9-18)15-2-1-7-17-12-15/h1-7,12H,8-11,16H2/p+1. The first-order chi connectivity index (χ1) is 9.33. The summed E-state index contributed by atoms with van der Waals surface area (Å²) in [6.45, 7) is 4.17. The van der Waals surface area contributed by atoms with E-state index in [4.69, 9.17) is 0 Å². The SMILES string of the molecule is [NH3+]c1ccc(N2CCN(c3cccnc3)CC2)cc1. The smallest absolute Gasteiger partial charge is 0.128 e. The molecule has 19 heavy (non-hydrogen) atoms. The van der Waals surface area contributed by atoms with Crippen LogP contribution < -0.4 is 15.5 Å². The zero-order chi connectivity index (χ0) is 13.1. The summed E-state index contributed by atoms with van der Waals surface area (Å²) in [6.07, 6.45) is 3.76. The van der Waals surface area contributed by atoms with Crippen molar-refractivity contribution in [2.24, 2.45) is 0 Å². The van der Waals surface area contributed by atoms with Crippen LogP contribution in [0, 0.1) is 0 Å². The van der Waals surface area contributed by atoms with Gasteiger partial charge >= 0.3 is 0 Å². The summed E-state index contributed by atoms with van der Waals surface area (Å²) < 4.78 is 0. The molecule has 3 N–H and O–H groups in total. The van der Waals surface area contributed by atoms with Crippen LogP contribution in [0.3, 0.4) is 0 Å². The lowest BCUT2D eigenvalue weighted by molar-refractivity contribution is -0.254. The fraction of sp³-hybridized carbons (Fsp3) is 0.267. The first-order valence-corrected chi connectivity index (χ1v) is 6.65. The summed E-state index contributed by atoms with van der Waals surface area (Å²) >= 11 is 0. The first kappa shape index (κ1) is 12.0. The number of pyridine rings is 1. The van der Waals surface area contributed by atoms with Gasteiger partial charge in [-0.05, 0) is 24.3 Å². The molecular weight excluding hydrogens is 236 g/mol. The van der Waals surface area contributed by atoms with Crippen molar-refractivity contribution in [3.63, 3.8) is 0 Å².